The molecule has 0 aromatic rings. The number of likely N-dealkylation sites (tertiary alicyclic amines) is 1. The Labute approximate surface area is 98.3 Å². The van der Waals surface area contributed by atoms with E-state index in [9.17, 15) is 4.79 Å². The highest BCUT2D eigenvalue weighted by Gasteiger charge is 2.25. The van der Waals surface area contributed by atoms with E-state index >= 15 is 0 Å². The van der Waals surface area contributed by atoms with Crippen LogP contribution in [0.1, 0.15) is 26.7 Å². The molecule has 1 rings (SSSR count). The lowest BCUT2D eigenvalue weighted by molar-refractivity contribution is -0.142. The molecular formula is C12H24N2O2. The highest BCUT2D eigenvalue weighted by atomic mass is 16.5. The zero-order valence-electron chi connectivity index (χ0n) is 10.8. The summed E-state index contributed by atoms with van der Waals surface area (Å²) in [5, 5.41) is 3.32. The maximum absolute atomic E-state index is 11.3. The van der Waals surface area contributed by atoms with Crippen molar-refractivity contribution >= 4 is 5.97 Å². The van der Waals surface area contributed by atoms with Crippen LogP contribution in [0.4, 0.5) is 0 Å². The minimum atomic E-state index is -0.216. The van der Waals surface area contributed by atoms with Gasteiger partial charge in [0.1, 0.15) is 6.04 Å². The highest BCUT2D eigenvalue weighted by molar-refractivity contribution is 5.75. The van der Waals surface area contributed by atoms with Crippen molar-refractivity contribution in [3.63, 3.8) is 0 Å². The van der Waals surface area contributed by atoms with Crippen LogP contribution in [0.25, 0.3) is 0 Å². The van der Waals surface area contributed by atoms with Crippen molar-refractivity contribution in [2.75, 3.05) is 27.2 Å². The Bertz CT molecular complexity index is 233. The van der Waals surface area contributed by atoms with E-state index in [1.165, 1.54) is 26.5 Å². The molecule has 0 radical (unpaired) electrons. The number of hydrogen-bond donors (Lipinski definition) is 1. The molecule has 0 aliphatic carbocycles. The lowest BCUT2D eigenvalue weighted by Crippen LogP contribution is -2.48. The molecule has 1 heterocycles. The third-order valence-corrected chi connectivity index (χ3v) is 3.44. The van der Waals surface area contributed by atoms with Crippen LogP contribution in [0.3, 0.4) is 0 Å². The molecule has 94 valence electrons. The van der Waals surface area contributed by atoms with Crippen LogP contribution < -0.4 is 5.32 Å². The van der Waals surface area contributed by atoms with E-state index in [1.54, 1.807) is 0 Å². The Morgan fingerprint density at radius 2 is 2.19 bits per heavy atom. The number of nitrogens with zero attached hydrogens (tertiary/aromatic N) is 1. The summed E-state index contributed by atoms with van der Waals surface area (Å²) in [6.45, 7) is 6.32. The number of nitrogens with one attached hydrogen (secondary N) is 1. The lowest BCUT2D eigenvalue weighted by atomic mass is 9.91. The van der Waals surface area contributed by atoms with Crippen LogP contribution in [0.2, 0.25) is 0 Å². The van der Waals surface area contributed by atoms with E-state index in [4.69, 9.17) is 4.74 Å². The SMILES string of the molecule is COC(=O)C(C)NC(C)C1CCCN(C)C1. The van der Waals surface area contributed by atoms with Gasteiger partial charge in [0.05, 0.1) is 7.11 Å². The van der Waals surface area contributed by atoms with Crippen molar-refractivity contribution in [3.05, 3.63) is 0 Å². The minimum absolute atomic E-state index is 0.184. The van der Waals surface area contributed by atoms with Gasteiger partial charge in [-0.2, -0.15) is 0 Å². The average Bonchev–Trinajstić information content (AvgIpc) is 2.27. The second kappa shape index (κ2) is 6.21. The summed E-state index contributed by atoms with van der Waals surface area (Å²) in [5.74, 6) is 0.446. The molecule has 1 aliphatic rings. The molecule has 0 aromatic carbocycles. The van der Waals surface area contributed by atoms with Crippen molar-refractivity contribution in [1.29, 1.82) is 0 Å². The van der Waals surface area contributed by atoms with Gasteiger partial charge in [0, 0.05) is 12.6 Å². The number of carbonyl (C=O) groups excluding carboxylic acids is 1. The second-order valence-electron chi connectivity index (χ2n) is 4.86. The first-order valence-electron chi connectivity index (χ1n) is 6.07. The van der Waals surface area contributed by atoms with Gasteiger partial charge in [-0.25, -0.2) is 0 Å². The molecule has 3 unspecified atom stereocenters. The van der Waals surface area contributed by atoms with Gasteiger partial charge in [-0.1, -0.05) is 0 Å². The summed E-state index contributed by atoms with van der Waals surface area (Å²) in [6, 6.07) is 0.143. The number of ether oxygens (including phenoxy) is 1. The number of rotatable bonds is 4. The third kappa shape index (κ3) is 3.76. The van der Waals surface area contributed by atoms with Gasteiger partial charge in [-0.3, -0.25) is 4.79 Å². The predicted octanol–water partition coefficient (Wildman–Crippen LogP) is 0.868. The van der Waals surface area contributed by atoms with Crippen LogP contribution in [-0.4, -0.2) is 50.2 Å². The van der Waals surface area contributed by atoms with Gasteiger partial charge >= 0.3 is 5.97 Å². The molecule has 4 nitrogen and oxygen atoms in total. The molecule has 0 bridgehead atoms. The number of carbonyl (C=O) groups is 1. The molecule has 3 atom stereocenters. The zero-order valence-corrected chi connectivity index (χ0v) is 10.8. The number of esters is 1. The van der Waals surface area contributed by atoms with E-state index < -0.39 is 0 Å². The molecule has 1 saturated heterocycles. The summed E-state index contributed by atoms with van der Waals surface area (Å²) in [4.78, 5) is 13.7. The van der Waals surface area contributed by atoms with Crippen molar-refractivity contribution < 1.29 is 9.53 Å². The predicted molar refractivity (Wildman–Crippen MR) is 64.3 cm³/mol. The molecule has 0 amide bonds. The van der Waals surface area contributed by atoms with Crippen LogP contribution in [0, 0.1) is 5.92 Å². The van der Waals surface area contributed by atoms with Crippen LogP contribution in [0.15, 0.2) is 0 Å². The number of piperidine rings is 1. The Hall–Kier alpha value is -0.610. The molecule has 4 heteroatoms. The molecule has 16 heavy (non-hydrogen) atoms. The summed E-state index contributed by atoms with van der Waals surface area (Å²) in [5.41, 5.74) is 0. The highest BCUT2D eigenvalue weighted by Crippen LogP contribution is 2.18. The topological polar surface area (TPSA) is 41.6 Å². The average molecular weight is 228 g/mol. The Morgan fingerprint density at radius 3 is 2.75 bits per heavy atom. The van der Waals surface area contributed by atoms with Gasteiger partial charge in [-0.05, 0) is 46.2 Å². The van der Waals surface area contributed by atoms with Crippen LogP contribution in [-0.2, 0) is 9.53 Å². The second-order valence-corrected chi connectivity index (χ2v) is 4.86. The van der Waals surface area contributed by atoms with Gasteiger partial charge in [0.15, 0.2) is 0 Å². The molecular weight excluding hydrogens is 204 g/mol. The Morgan fingerprint density at radius 1 is 1.50 bits per heavy atom. The Balaban J connectivity index is 2.38. The molecule has 1 N–H and O–H groups in total. The van der Waals surface area contributed by atoms with Gasteiger partial charge in [0.25, 0.3) is 0 Å². The van der Waals surface area contributed by atoms with E-state index in [2.05, 4.69) is 24.2 Å². The third-order valence-electron chi connectivity index (χ3n) is 3.44. The lowest BCUT2D eigenvalue weighted by Gasteiger charge is -2.34. The van der Waals surface area contributed by atoms with E-state index in [1.807, 2.05) is 6.92 Å². The normalized spacial score (nSPS) is 26.1. The van der Waals surface area contributed by atoms with Crippen LogP contribution in [0.5, 0.6) is 0 Å². The van der Waals surface area contributed by atoms with E-state index in [0.29, 0.717) is 12.0 Å². The van der Waals surface area contributed by atoms with Crippen LogP contribution >= 0.6 is 0 Å². The quantitative estimate of drug-likeness (QED) is 0.725. The van der Waals surface area contributed by atoms with E-state index in [-0.39, 0.29) is 12.0 Å². The molecule has 1 aliphatic heterocycles. The fourth-order valence-corrected chi connectivity index (χ4v) is 2.39. The maximum atomic E-state index is 11.3. The van der Waals surface area contributed by atoms with Crippen molar-refractivity contribution in [2.45, 2.75) is 38.8 Å². The largest absolute Gasteiger partial charge is 0.468 e. The summed E-state index contributed by atoms with van der Waals surface area (Å²) in [6.07, 6.45) is 2.49. The van der Waals surface area contributed by atoms with Crippen molar-refractivity contribution in [1.82, 2.24) is 10.2 Å². The summed E-state index contributed by atoms with van der Waals surface area (Å²) in [7, 11) is 3.59. The van der Waals surface area contributed by atoms with E-state index in [0.717, 1.165) is 6.54 Å². The standard InChI is InChI=1S/C12H24N2O2/c1-9(13-10(2)12(15)16-4)11-6-5-7-14(3)8-11/h9-11,13H,5-8H2,1-4H3. The molecule has 0 spiro atoms. The first-order chi connectivity index (χ1) is 7.54. The number of methoxy groups -OCH3 is 1. The smallest absolute Gasteiger partial charge is 0.322 e. The van der Waals surface area contributed by atoms with Crippen molar-refractivity contribution in [2.24, 2.45) is 5.92 Å². The van der Waals surface area contributed by atoms with Gasteiger partial charge in [0.2, 0.25) is 0 Å². The zero-order chi connectivity index (χ0) is 12.1. The maximum Gasteiger partial charge on any atom is 0.322 e. The fourth-order valence-electron chi connectivity index (χ4n) is 2.39. The summed E-state index contributed by atoms with van der Waals surface area (Å²) >= 11 is 0. The molecule has 1 fully saturated rings. The van der Waals surface area contributed by atoms with Crippen molar-refractivity contribution in [3.8, 4) is 0 Å². The fraction of sp³-hybridized carbons (Fsp3) is 0.917. The summed E-state index contributed by atoms with van der Waals surface area (Å²) < 4.78 is 4.71. The number of hydrogen-bond acceptors (Lipinski definition) is 4. The minimum Gasteiger partial charge on any atom is -0.468 e. The molecule has 0 saturated carbocycles. The monoisotopic (exact) mass is 228 g/mol. The van der Waals surface area contributed by atoms with Gasteiger partial charge < -0.3 is 15.0 Å². The Kier molecular flexibility index (Phi) is 5.22. The first-order valence-corrected chi connectivity index (χ1v) is 6.07. The first kappa shape index (κ1) is 13.5. The van der Waals surface area contributed by atoms with Gasteiger partial charge in [-0.15, -0.1) is 0 Å². The molecule has 0 aromatic heterocycles.